The number of carbonyl (C=O) groups excluding carboxylic acids is 3. The number of piperidine rings is 1. The van der Waals surface area contributed by atoms with Crippen molar-refractivity contribution in [1.82, 2.24) is 10.2 Å². The summed E-state index contributed by atoms with van der Waals surface area (Å²) in [5.74, 6) is -1.10. The summed E-state index contributed by atoms with van der Waals surface area (Å²) in [5, 5.41) is 2.73. The van der Waals surface area contributed by atoms with E-state index in [4.69, 9.17) is 10.5 Å². The molecule has 3 N–H and O–H groups in total. The monoisotopic (exact) mass is 361 g/mol. The van der Waals surface area contributed by atoms with Gasteiger partial charge in [0.2, 0.25) is 11.8 Å². The SMILES string of the molecule is COC(=O)[C@H]1CCCCN1C(=O)[C@H](Cc1ccccc1)NC(=O)[C@H](C)N. The first-order chi connectivity index (χ1) is 12.4. The molecule has 1 aromatic rings. The quantitative estimate of drug-likeness (QED) is 0.723. The van der Waals surface area contributed by atoms with Crippen LogP contribution in [0.15, 0.2) is 30.3 Å². The predicted molar refractivity (Wildman–Crippen MR) is 97.1 cm³/mol. The topological polar surface area (TPSA) is 102 Å². The number of hydrogen-bond acceptors (Lipinski definition) is 5. The summed E-state index contributed by atoms with van der Waals surface area (Å²) < 4.78 is 4.85. The van der Waals surface area contributed by atoms with Crippen LogP contribution in [0.25, 0.3) is 0 Å². The van der Waals surface area contributed by atoms with Gasteiger partial charge in [-0.05, 0) is 31.7 Å². The van der Waals surface area contributed by atoms with Crippen molar-refractivity contribution in [3.05, 3.63) is 35.9 Å². The number of benzene rings is 1. The maximum Gasteiger partial charge on any atom is 0.328 e. The Bertz CT molecular complexity index is 633. The lowest BCUT2D eigenvalue weighted by molar-refractivity contribution is -0.155. The molecule has 26 heavy (non-hydrogen) atoms. The fraction of sp³-hybridized carbons (Fsp3) is 0.526. The van der Waals surface area contributed by atoms with Gasteiger partial charge in [-0.15, -0.1) is 0 Å². The third-order valence-corrected chi connectivity index (χ3v) is 4.57. The third-order valence-electron chi connectivity index (χ3n) is 4.57. The molecule has 0 saturated carbocycles. The number of nitrogens with zero attached hydrogens (tertiary/aromatic N) is 1. The van der Waals surface area contributed by atoms with E-state index in [1.807, 2.05) is 30.3 Å². The molecule has 7 nitrogen and oxygen atoms in total. The van der Waals surface area contributed by atoms with Crippen LogP contribution in [0.4, 0.5) is 0 Å². The zero-order valence-corrected chi connectivity index (χ0v) is 15.3. The molecule has 142 valence electrons. The standard InChI is InChI=1S/C19H27N3O4/c1-13(20)17(23)21-15(12-14-8-4-3-5-9-14)18(24)22-11-7-6-10-16(22)19(25)26-2/h3-5,8-9,13,15-16H,6-7,10-12,20H2,1-2H3,(H,21,23)/t13-,15-,16+/m0/s1. The van der Waals surface area contributed by atoms with Gasteiger partial charge in [0.25, 0.3) is 0 Å². The zero-order valence-electron chi connectivity index (χ0n) is 15.3. The second-order valence-electron chi connectivity index (χ2n) is 6.61. The highest BCUT2D eigenvalue weighted by molar-refractivity contribution is 5.92. The van der Waals surface area contributed by atoms with Crippen LogP contribution in [0.1, 0.15) is 31.7 Å². The van der Waals surface area contributed by atoms with Crippen molar-refractivity contribution in [2.45, 2.75) is 50.7 Å². The van der Waals surface area contributed by atoms with Crippen LogP contribution >= 0.6 is 0 Å². The van der Waals surface area contributed by atoms with E-state index >= 15 is 0 Å². The predicted octanol–water partition coefficient (Wildman–Crippen LogP) is 0.615. The van der Waals surface area contributed by atoms with Gasteiger partial charge < -0.3 is 20.7 Å². The van der Waals surface area contributed by atoms with Crippen molar-refractivity contribution >= 4 is 17.8 Å². The molecule has 0 aliphatic carbocycles. The Hall–Kier alpha value is -2.41. The first-order valence-corrected chi connectivity index (χ1v) is 8.92. The minimum atomic E-state index is -0.777. The number of carbonyl (C=O) groups is 3. The minimum absolute atomic E-state index is 0.280. The normalized spacial score (nSPS) is 19.3. The van der Waals surface area contributed by atoms with Crippen LogP contribution < -0.4 is 11.1 Å². The fourth-order valence-electron chi connectivity index (χ4n) is 3.13. The van der Waals surface area contributed by atoms with Crippen LogP contribution in [-0.2, 0) is 25.5 Å². The van der Waals surface area contributed by atoms with E-state index in [-0.39, 0.29) is 5.91 Å². The summed E-state index contributed by atoms with van der Waals surface area (Å²) >= 11 is 0. The molecule has 2 rings (SSSR count). The Labute approximate surface area is 153 Å². The number of hydrogen-bond donors (Lipinski definition) is 2. The lowest BCUT2D eigenvalue weighted by Gasteiger charge is -2.36. The molecule has 0 spiro atoms. The van der Waals surface area contributed by atoms with Crippen molar-refractivity contribution in [3.63, 3.8) is 0 Å². The summed E-state index contributed by atoms with van der Waals surface area (Å²) in [6.07, 6.45) is 2.58. The highest BCUT2D eigenvalue weighted by atomic mass is 16.5. The minimum Gasteiger partial charge on any atom is -0.467 e. The first-order valence-electron chi connectivity index (χ1n) is 8.92. The van der Waals surface area contributed by atoms with E-state index in [9.17, 15) is 14.4 Å². The molecule has 2 amide bonds. The molecule has 1 aliphatic heterocycles. The van der Waals surface area contributed by atoms with Crippen LogP contribution in [0.5, 0.6) is 0 Å². The van der Waals surface area contributed by atoms with E-state index in [0.717, 1.165) is 18.4 Å². The van der Waals surface area contributed by atoms with Crippen molar-refractivity contribution in [1.29, 1.82) is 0 Å². The Morgan fingerprint density at radius 2 is 1.96 bits per heavy atom. The smallest absolute Gasteiger partial charge is 0.328 e. The van der Waals surface area contributed by atoms with Gasteiger partial charge in [0.1, 0.15) is 12.1 Å². The van der Waals surface area contributed by atoms with Crippen LogP contribution in [0.2, 0.25) is 0 Å². The summed E-state index contributed by atoms with van der Waals surface area (Å²) in [6, 6.07) is 7.33. The van der Waals surface area contributed by atoms with Gasteiger partial charge in [-0.2, -0.15) is 0 Å². The van der Waals surface area contributed by atoms with E-state index in [1.165, 1.54) is 12.0 Å². The highest BCUT2D eigenvalue weighted by Gasteiger charge is 2.36. The van der Waals surface area contributed by atoms with E-state index < -0.39 is 30.0 Å². The Morgan fingerprint density at radius 3 is 2.58 bits per heavy atom. The van der Waals surface area contributed by atoms with E-state index in [2.05, 4.69) is 5.32 Å². The van der Waals surface area contributed by atoms with Gasteiger partial charge in [-0.1, -0.05) is 30.3 Å². The number of esters is 1. The number of rotatable bonds is 6. The number of nitrogens with one attached hydrogen (secondary N) is 1. The molecular formula is C19H27N3O4. The Kier molecular flexibility index (Phi) is 7.15. The van der Waals surface area contributed by atoms with Crippen molar-refractivity contribution in [2.75, 3.05) is 13.7 Å². The average Bonchev–Trinajstić information content (AvgIpc) is 2.66. The maximum atomic E-state index is 13.2. The largest absolute Gasteiger partial charge is 0.467 e. The first kappa shape index (κ1) is 19.9. The molecule has 1 aliphatic rings. The number of ether oxygens (including phenoxy) is 1. The molecule has 0 aromatic heterocycles. The molecule has 0 unspecified atom stereocenters. The van der Waals surface area contributed by atoms with Crippen molar-refractivity contribution in [3.8, 4) is 0 Å². The molecule has 1 saturated heterocycles. The van der Waals surface area contributed by atoms with Crippen LogP contribution in [0, 0.1) is 0 Å². The van der Waals surface area contributed by atoms with E-state index in [1.54, 1.807) is 6.92 Å². The van der Waals surface area contributed by atoms with Gasteiger partial charge in [-0.25, -0.2) is 4.79 Å². The van der Waals surface area contributed by atoms with Crippen molar-refractivity contribution < 1.29 is 19.1 Å². The molecule has 1 heterocycles. The molecule has 7 heteroatoms. The molecular weight excluding hydrogens is 334 g/mol. The van der Waals surface area contributed by atoms with Gasteiger partial charge >= 0.3 is 5.97 Å². The van der Waals surface area contributed by atoms with Crippen LogP contribution in [-0.4, -0.2) is 54.5 Å². The zero-order chi connectivity index (χ0) is 19.1. The molecule has 0 radical (unpaired) electrons. The highest BCUT2D eigenvalue weighted by Crippen LogP contribution is 2.20. The van der Waals surface area contributed by atoms with Gasteiger partial charge in [0.15, 0.2) is 0 Å². The van der Waals surface area contributed by atoms with Crippen LogP contribution in [0.3, 0.4) is 0 Å². The second-order valence-corrected chi connectivity index (χ2v) is 6.61. The second kappa shape index (κ2) is 9.33. The average molecular weight is 361 g/mol. The van der Waals surface area contributed by atoms with Gasteiger partial charge in [0, 0.05) is 13.0 Å². The molecule has 1 fully saturated rings. The van der Waals surface area contributed by atoms with E-state index in [0.29, 0.717) is 19.4 Å². The molecule has 3 atom stereocenters. The van der Waals surface area contributed by atoms with Crippen molar-refractivity contribution in [2.24, 2.45) is 5.73 Å². The maximum absolute atomic E-state index is 13.2. The third kappa shape index (κ3) is 5.05. The summed E-state index contributed by atoms with van der Waals surface area (Å²) in [7, 11) is 1.32. The lowest BCUT2D eigenvalue weighted by Crippen LogP contribution is -2.57. The number of nitrogens with two attached hydrogens (primary N) is 1. The number of amides is 2. The Balaban J connectivity index is 2.22. The number of methoxy groups -OCH3 is 1. The summed E-state index contributed by atoms with van der Waals surface area (Å²) in [4.78, 5) is 38.9. The summed E-state index contributed by atoms with van der Waals surface area (Å²) in [5.41, 5.74) is 6.56. The molecule has 1 aromatic carbocycles. The lowest BCUT2D eigenvalue weighted by atomic mass is 9.98. The van der Waals surface area contributed by atoms with Gasteiger partial charge in [0.05, 0.1) is 13.2 Å². The molecule has 0 bridgehead atoms. The fourth-order valence-corrected chi connectivity index (χ4v) is 3.13. The Morgan fingerprint density at radius 1 is 1.27 bits per heavy atom. The number of likely N-dealkylation sites (tertiary alicyclic amines) is 1. The summed E-state index contributed by atoms with van der Waals surface area (Å²) in [6.45, 7) is 2.04. The van der Waals surface area contributed by atoms with Gasteiger partial charge in [-0.3, -0.25) is 9.59 Å².